The zero-order chi connectivity index (χ0) is 13.7. The fourth-order valence-corrected chi connectivity index (χ4v) is 1.88. The molecule has 0 unspecified atom stereocenters. The normalized spacial score (nSPS) is 12.2. The largest absolute Gasteiger partial charge is 0.387 e. The van der Waals surface area contributed by atoms with Gasteiger partial charge in [0, 0.05) is 26.0 Å². The van der Waals surface area contributed by atoms with E-state index in [0.29, 0.717) is 6.42 Å². The fraction of sp³-hybridized carbons (Fsp3) is 0.333. The lowest BCUT2D eigenvalue weighted by Gasteiger charge is -2.19. The van der Waals surface area contributed by atoms with E-state index in [1.165, 1.54) is 5.56 Å². The molecule has 4 nitrogen and oxygen atoms in total. The summed E-state index contributed by atoms with van der Waals surface area (Å²) in [5.41, 5.74) is 2.96. The minimum atomic E-state index is -0.473. The van der Waals surface area contributed by atoms with Crippen molar-refractivity contribution in [3.05, 3.63) is 54.1 Å². The van der Waals surface area contributed by atoms with E-state index in [4.69, 9.17) is 0 Å². The Morgan fingerprint density at radius 2 is 1.95 bits per heavy atom. The molecule has 0 aliphatic heterocycles. The highest BCUT2D eigenvalue weighted by molar-refractivity contribution is 5.44. The predicted molar refractivity (Wildman–Crippen MR) is 75.8 cm³/mol. The van der Waals surface area contributed by atoms with Crippen LogP contribution in [0.15, 0.2) is 42.9 Å². The summed E-state index contributed by atoms with van der Waals surface area (Å²) in [5, 5.41) is 9.71. The summed E-state index contributed by atoms with van der Waals surface area (Å²) < 4.78 is 0. The Bertz CT molecular complexity index is 499. The van der Waals surface area contributed by atoms with Crippen LogP contribution in [0.5, 0.6) is 0 Å². The van der Waals surface area contributed by atoms with Crippen molar-refractivity contribution in [2.24, 2.45) is 0 Å². The summed E-state index contributed by atoms with van der Waals surface area (Å²) in [6.07, 6.45) is 5.60. The van der Waals surface area contributed by atoms with E-state index in [-0.39, 0.29) is 0 Å². The van der Waals surface area contributed by atoms with Crippen molar-refractivity contribution in [3.8, 4) is 0 Å². The molecule has 19 heavy (non-hydrogen) atoms. The number of rotatable bonds is 5. The van der Waals surface area contributed by atoms with E-state index in [1.807, 2.05) is 38.2 Å². The molecule has 0 fully saturated rings. The van der Waals surface area contributed by atoms with Crippen molar-refractivity contribution in [3.63, 3.8) is 0 Å². The first-order chi connectivity index (χ1) is 9.20. The van der Waals surface area contributed by atoms with Gasteiger partial charge in [-0.15, -0.1) is 0 Å². The van der Waals surface area contributed by atoms with E-state index in [1.54, 1.807) is 18.6 Å². The average molecular weight is 257 g/mol. The number of aliphatic hydroxyl groups is 1. The van der Waals surface area contributed by atoms with Gasteiger partial charge in [0.1, 0.15) is 0 Å². The Balaban J connectivity index is 2.05. The molecule has 0 saturated carbocycles. The van der Waals surface area contributed by atoms with Crippen molar-refractivity contribution in [2.75, 3.05) is 11.9 Å². The molecule has 0 aliphatic carbocycles. The molecule has 100 valence electrons. The predicted octanol–water partition coefficient (Wildman–Crippen LogP) is 2.56. The number of pyridine rings is 2. The van der Waals surface area contributed by atoms with Crippen molar-refractivity contribution in [1.82, 2.24) is 9.97 Å². The van der Waals surface area contributed by atoms with Crippen molar-refractivity contribution in [2.45, 2.75) is 26.0 Å². The highest BCUT2D eigenvalue weighted by Crippen LogP contribution is 2.18. The molecule has 2 heterocycles. The van der Waals surface area contributed by atoms with Crippen LogP contribution in [0.3, 0.4) is 0 Å². The Kier molecular flexibility index (Phi) is 4.47. The summed E-state index contributed by atoms with van der Waals surface area (Å²) in [6.45, 7) is 2.75. The minimum Gasteiger partial charge on any atom is -0.387 e. The first-order valence-corrected chi connectivity index (χ1v) is 6.44. The van der Waals surface area contributed by atoms with Gasteiger partial charge in [0.15, 0.2) is 0 Å². The molecular weight excluding hydrogens is 238 g/mol. The molecule has 0 spiro atoms. The van der Waals surface area contributed by atoms with Crippen LogP contribution in [-0.2, 0) is 6.54 Å². The maximum Gasteiger partial charge on any atom is 0.0957 e. The Hall–Kier alpha value is -1.94. The third-order valence-electron chi connectivity index (χ3n) is 3.11. The maximum absolute atomic E-state index is 9.71. The first kappa shape index (κ1) is 13.5. The molecule has 0 radical (unpaired) electrons. The number of aliphatic hydroxyl groups excluding tert-OH is 1. The van der Waals surface area contributed by atoms with E-state index >= 15 is 0 Å². The summed E-state index contributed by atoms with van der Waals surface area (Å²) in [4.78, 5) is 10.4. The molecule has 4 heteroatoms. The molecule has 2 aromatic heterocycles. The Labute approximate surface area is 113 Å². The van der Waals surface area contributed by atoms with Crippen LogP contribution in [0.1, 0.15) is 30.7 Å². The van der Waals surface area contributed by atoms with Crippen LogP contribution in [0.25, 0.3) is 0 Å². The monoisotopic (exact) mass is 257 g/mol. The van der Waals surface area contributed by atoms with Gasteiger partial charge in [-0.05, 0) is 36.2 Å². The number of hydrogen-bond acceptors (Lipinski definition) is 4. The van der Waals surface area contributed by atoms with Crippen LogP contribution in [0, 0.1) is 0 Å². The van der Waals surface area contributed by atoms with Crippen LogP contribution in [0.2, 0.25) is 0 Å². The van der Waals surface area contributed by atoms with Gasteiger partial charge in [-0.2, -0.15) is 0 Å². The zero-order valence-electron chi connectivity index (χ0n) is 11.3. The van der Waals surface area contributed by atoms with Gasteiger partial charge >= 0.3 is 0 Å². The number of nitrogens with zero attached hydrogens (tertiary/aromatic N) is 3. The molecule has 0 aromatic carbocycles. The summed E-state index contributed by atoms with van der Waals surface area (Å²) in [6, 6.07) is 7.87. The van der Waals surface area contributed by atoms with Crippen molar-refractivity contribution in [1.29, 1.82) is 0 Å². The Morgan fingerprint density at radius 1 is 1.21 bits per heavy atom. The minimum absolute atomic E-state index is 0.473. The third-order valence-corrected chi connectivity index (χ3v) is 3.11. The lowest BCUT2D eigenvalue weighted by Crippen LogP contribution is -2.16. The molecule has 1 N–H and O–H groups in total. The van der Waals surface area contributed by atoms with Gasteiger partial charge in [0.25, 0.3) is 0 Å². The van der Waals surface area contributed by atoms with Gasteiger partial charge in [0.2, 0.25) is 0 Å². The van der Waals surface area contributed by atoms with E-state index in [0.717, 1.165) is 17.9 Å². The molecule has 2 aromatic rings. The summed E-state index contributed by atoms with van der Waals surface area (Å²) in [5.74, 6) is 0. The van der Waals surface area contributed by atoms with Crippen LogP contribution in [-0.4, -0.2) is 22.1 Å². The fourth-order valence-electron chi connectivity index (χ4n) is 1.88. The number of anilines is 1. The third kappa shape index (κ3) is 3.51. The number of aromatic nitrogens is 2. The van der Waals surface area contributed by atoms with E-state index in [2.05, 4.69) is 14.9 Å². The quantitative estimate of drug-likeness (QED) is 0.894. The van der Waals surface area contributed by atoms with Gasteiger partial charge in [0.05, 0.1) is 23.7 Å². The van der Waals surface area contributed by atoms with Crippen molar-refractivity contribution < 1.29 is 5.11 Å². The molecule has 0 bridgehead atoms. The van der Waals surface area contributed by atoms with Crippen LogP contribution < -0.4 is 4.90 Å². The topological polar surface area (TPSA) is 49.2 Å². The lowest BCUT2D eigenvalue weighted by atomic mass is 10.2. The summed E-state index contributed by atoms with van der Waals surface area (Å²) >= 11 is 0. The standard InChI is InChI=1S/C15H19N3O/c1-3-15(19)14-5-4-13(10-17-14)18(2)11-12-6-8-16-9-7-12/h4-10,15,19H,3,11H2,1-2H3/t15-/m1/s1. The highest BCUT2D eigenvalue weighted by atomic mass is 16.3. The second-order valence-corrected chi connectivity index (χ2v) is 4.58. The molecule has 1 atom stereocenters. The molecule has 0 amide bonds. The zero-order valence-corrected chi connectivity index (χ0v) is 11.3. The second kappa shape index (κ2) is 6.29. The van der Waals surface area contributed by atoms with Gasteiger partial charge in [-0.3, -0.25) is 9.97 Å². The SMILES string of the molecule is CC[C@@H](O)c1ccc(N(C)Cc2ccncc2)cn1. The average Bonchev–Trinajstić information content (AvgIpc) is 2.47. The second-order valence-electron chi connectivity index (χ2n) is 4.58. The molecule has 2 rings (SSSR count). The molecule has 0 aliphatic rings. The number of hydrogen-bond donors (Lipinski definition) is 1. The maximum atomic E-state index is 9.71. The lowest BCUT2D eigenvalue weighted by molar-refractivity contribution is 0.169. The molecule has 0 saturated heterocycles. The van der Waals surface area contributed by atoms with Gasteiger partial charge in [-0.25, -0.2) is 0 Å². The van der Waals surface area contributed by atoms with Gasteiger partial charge in [-0.1, -0.05) is 6.92 Å². The van der Waals surface area contributed by atoms with E-state index in [9.17, 15) is 5.11 Å². The summed E-state index contributed by atoms with van der Waals surface area (Å²) in [7, 11) is 2.02. The highest BCUT2D eigenvalue weighted by Gasteiger charge is 2.07. The van der Waals surface area contributed by atoms with Crippen LogP contribution >= 0.6 is 0 Å². The van der Waals surface area contributed by atoms with Gasteiger partial charge < -0.3 is 10.0 Å². The first-order valence-electron chi connectivity index (χ1n) is 6.44. The smallest absolute Gasteiger partial charge is 0.0957 e. The molecular formula is C15H19N3O. The van der Waals surface area contributed by atoms with Crippen molar-refractivity contribution >= 4 is 5.69 Å². The van der Waals surface area contributed by atoms with Crippen LogP contribution in [0.4, 0.5) is 5.69 Å². The van der Waals surface area contributed by atoms with E-state index < -0.39 is 6.10 Å². The Morgan fingerprint density at radius 3 is 2.53 bits per heavy atom.